The molecule has 2 amide bonds. The van der Waals surface area contributed by atoms with Gasteiger partial charge in [-0.1, -0.05) is 51.7 Å². The van der Waals surface area contributed by atoms with Gasteiger partial charge < -0.3 is 14.2 Å². The molecule has 0 atom stereocenters. The fourth-order valence-electron chi connectivity index (χ4n) is 2.57. The van der Waals surface area contributed by atoms with E-state index in [2.05, 4.69) is 24.1 Å². The van der Waals surface area contributed by atoms with Crippen LogP contribution >= 0.6 is 0 Å². The van der Waals surface area contributed by atoms with Crippen LogP contribution in [0.25, 0.3) is 0 Å². The molecule has 0 saturated heterocycles. The largest absolute Gasteiger partial charge is 0.459 e. The van der Waals surface area contributed by atoms with Gasteiger partial charge in [-0.15, -0.1) is 0 Å². The van der Waals surface area contributed by atoms with Crippen LogP contribution in [0.15, 0.2) is 30.4 Å². The van der Waals surface area contributed by atoms with Gasteiger partial charge >= 0.3 is 18.2 Å². The molecule has 172 valence electrons. The lowest BCUT2D eigenvalue weighted by Gasteiger charge is -2.12. The molecule has 0 fully saturated rings. The third-order valence-corrected chi connectivity index (χ3v) is 4.35. The molecule has 0 aromatic heterocycles. The SMILES string of the molecule is C=C(C)C(=O)OCCOC(=O)Nc1cc(NC(=O)OCCCCCCCC)ccc1C. The third-order valence-electron chi connectivity index (χ3n) is 4.35. The molecule has 8 heteroatoms. The Morgan fingerprint density at radius 3 is 2.19 bits per heavy atom. The number of carbonyl (C=O) groups excluding carboxylic acids is 3. The van der Waals surface area contributed by atoms with Crippen LogP contribution in [0.5, 0.6) is 0 Å². The molecule has 1 aromatic carbocycles. The Kier molecular flexibility index (Phi) is 12.5. The van der Waals surface area contributed by atoms with Crippen molar-refractivity contribution in [1.82, 2.24) is 0 Å². The average Bonchev–Trinajstić information content (AvgIpc) is 2.72. The van der Waals surface area contributed by atoms with Crippen molar-refractivity contribution in [2.24, 2.45) is 0 Å². The monoisotopic (exact) mass is 434 g/mol. The third kappa shape index (κ3) is 11.7. The van der Waals surface area contributed by atoms with E-state index < -0.39 is 18.2 Å². The second-order valence-electron chi connectivity index (χ2n) is 7.24. The number of benzene rings is 1. The Morgan fingerprint density at radius 1 is 0.871 bits per heavy atom. The Balaban J connectivity index is 2.37. The van der Waals surface area contributed by atoms with E-state index in [-0.39, 0.29) is 18.8 Å². The molecule has 0 heterocycles. The summed E-state index contributed by atoms with van der Waals surface area (Å²) in [6.45, 7) is 9.20. The van der Waals surface area contributed by atoms with Gasteiger partial charge in [0.05, 0.1) is 6.61 Å². The molecule has 2 N–H and O–H groups in total. The van der Waals surface area contributed by atoms with E-state index in [0.717, 1.165) is 24.8 Å². The number of anilines is 2. The van der Waals surface area contributed by atoms with Crippen molar-refractivity contribution >= 4 is 29.5 Å². The van der Waals surface area contributed by atoms with Gasteiger partial charge in [-0.05, 0) is 38.0 Å². The predicted octanol–water partition coefficient (Wildman–Crippen LogP) is 5.57. The summed E-state index contributed by atoms with van der Waals surface area (Å²) >= 11 is 0. The normalized spacial score (nSPS) is 10.2. The summed E-state index contributed by atoms with van der Waals surface area (Å²) in [4.78, 5) is 35.2. The van der Waals surface area contributed by atoms with Gasteiger partial charge in [-0.2, -0.15) is 0 Å². The first-order chi connectivity index (χ1) is 14.8. The van der Waals surface area contributed by atoms with Crippen molar-refractivity contribution in [3.05, 3.63) is 35.9 Å². The smallest absolute Gasteiger partial charge is 0.411 e. The Bertz CT molecular complexity index is 748. The predicted molar refractivity (Wildman–Crippen MR) is 120 cm³/mol. The van der Waals surface area contributed by atoms with Crippen molar-refractivity contribution in [3.63, 3.8) is 0 Å². The van der Waals surface area contributed by atoms with E-state index in [9.17, 15) is 14.4 Å². The van der Waals surface area contributed by atoms with Crippen molar-refractivity contribution in [2.75, 3.05) is 30.5 Å². The number of unbranched alkanes of at least 4 members (excludes halogenated alkanes) is 5. The molecule has 1 rings (SSSR count). The van der Waals surface area contributed by atoms with Gasteiger partial charge in [-0.3, -0.25) is 10.6 Å². The van der Waals surface area contributed by atoms with Crippen LogP contribution in [-0.4, -0.2) is 38.0 Å². The van der Waals surface area contributed by atoms with E-state index in [1.54, 1.807) is 18.2 Å². The van der Waals surface area contributed by atoms with Crippen LogP contribution in [0.1, 0.15) is 57.9 Å². The lowest BCUT2D eigenvalue weighted by Crippen LogP contribution is -2.19. The standard InChI is InChI=1S/C23H34N2O6/c1-5-6-7-8-9-10-13-30-22(27)24-19-12-11-18(4)20(16-19)25-23(28)31-15-14-29-21(26)17(2)3/h11-12,16H,2,5-10,13-15H2,1,3-4H3,(H,24,27)(H,25,28). The Hall–Kier alpha value is -3.03. The van der Waals surface area contributed by atoms with Crippen LogP contribution in [0, 0.1) is 6.92 Å². The molecule has 0 radical (unpaired) electrons. The maximum Gasteiger partial charge on any atom is 0.411 e. The van der Waals surface area contributed by atoms with Gasteiger partial charge in [0, 0.05) is 16.9 Å². The molecule has 0 aliphatic carbocycles. The number of aryl methyl sites for hydroxylation is 1. The summed E-state index contributed by atoms with van der Waals surface area (Å²) in [5, 5.41) is 5.25. The minimum atomic E-state index is -0.697. The maximum atomic E-state index is 12.0. The number of rotatable bonds is 13. The van der Waals surface area contributed by atoms with Crippen molar-refractivity contribution in [3.8, 4) is 0 Å². The molecular weight excluding hydrogens is 400 g/mol. The van der Waals surface area contributed by atoms with Crippen LogP contribution in [0.4, 0.5) is 21.0 Å². The van der Waals surface area contributed by atoms with Gasteiger partial charge in [0.2, 0.25) is 0 Å². The van der Waals surface area contributed by atoms with Crippen molar-refractivity contribution in [1.29, 1.82) is 0 Å². The second-order valence-corrected chi connectivity index (χ2v) is 7.24. The highest BCUT2D eigenvalue weighted by Gasteiger charge is 2.10. The molecule has 31 heavy (non-hydrogen) atoms. The molecule has 0 bridgehead atoms. The number of hydrogen-bond donors (Lipinski definition) is 2. The van der Waals surface area contributed by atoms with E-state index in [1.165, 1.54) is 26.2 Å². The first-order valence-corrected chi connectivity index (χ1v) is 10.6. The first kappa shape index (κ1) is 26.0. The van der Waals surface area contributed by atoms with Gasteiger partial charge in [-0.25, -0.2) is 14.4 Å². The summed E-state index contributed by atoms with van der Waals surface area (Å²) in [5.74, 6) is -0.540. The van der Waals surface area contributed by atoms with E-state index in [4.69, 9.17) is 14.2 Å². The summed E-state index contributed by atoms with van der Waals surface area (Å²) < 4.78 is 15.0. The van der Waals surface area contributed by atoms with E-state index >= 15 is 0 Å². The highest BCUT2D eigenvalue weighted by Crippen LogP contribution is 2.20. The molecular formula is C23H34N2O6. The summed E-state index contributed by atoms with van der Waals surface area (Å²) in [5.41, 5.74) is 2.04. The quantitative estimate of drug-likeness (QED) is 0.182. The van der Waals surface area contributed by atoms with E-state index in [1.807, 2.05) is 6.92 Å². The van der Waals surface area contributed by atoms with E-state index in [0.29, 0.717) is 18.0 Å². The second kappa shape index (κ2) is 14.9. The Morgan fingerprint density at radius 2 is 1.48 bits per heavy atom. The average molecular weight is 435 g/mol. The molecule has 0 aliphatic rings. The fraction of sp³-hybridized carbons (Fsp3) is 0.522. The molecule has 1 aromatic rings. The van der Waals surface area contributed by atoms with Crippen LogP contribution in [0.2, 0.25) is 0 Å². The zero-order valence-electron chi connectivity index (χ0n) is 18.8. The maximum absolute atomic E-state index is 12.0. The lowest BCUT2D eigenvalue weighted by atomic mass is 10.1. The first-order valence-electron chi connectivity index (χ1n) is 10.6. The number of esters is 1. The van der Waals surface area contributed by atoms with Crippen molar-refractivity contribution in [2.45, 2.75) is 59.3 Å². The molecule has 0 aliphatic heterocycles. The molecule has 0 spiro atoms. The molecule has 0 unspecified atom stereocenters. The summed E-state index contributed by atoms with van der Waals surface area (Å²) in [7, 11) is 0. The summed E-state index contributed by atoms with van der Waals surface area (Å²) in [6.07, 6.45) is 5.45. The summed E-state index contributed by atoms with van der Waals surface area (Å²) in [6, 6.07) is 5.09. The minimum Gasteiger partial charge on any atom is -0.459 e. The minimum absolute atomic E-state index is 0.0653. The molecule has 0 saturated carbocycles. The van der Waals surface area contributed by atoms with Gasteiger partial charge in [0.25, 0.3) is 0 Å². The fourth-order valence-corrected chi connectivity index (χ4v) is 2.57. The highest BCUT2D eigenvalue weighted by atomic mass is 16.6. The van der Waals surface area contributed by atoms with Gasteiger partial charge in [0.1, 0.15) is 13.2 Å². The van der Waals surface area contributed by atoms with Crippen LogP contribution in [0.3, 0.4) is 0 Å². The van der Waals surface area contributed by atoms with Crippen LogP contribution in [-0.2, 0) is 19.0 Å². The lowest BCUT2D eigenvalue weighted by molar-refractivity contribution is -0.139. The number of hydrogen-bond acceptors (Lipinski definition) is 6. The zero-order chi connectivity index (χ0) is 23.1. The number of amides is 2. The van der Waals surface area contributed by atoms with Crippen molar-refractivity contribution < 1.29 is 28.6 Å². The topological polar surface area (TPSA) is 103 Å². The number of ether oxygens (including phenoxy) is 3. The highest BCUT2D eigenvalue weighted by molar-refractivity contribution is 5.89. The van der Waals surface area contributed by atoms with Gasteiger partial charge in [0.15, 0.2) is 0 Å². The Labute approximate surface area is 184 Å². The molecule has 8 nitrogen and oxygen atoms in total. The van der Waals surface area contributed by atoms with Crippen LogP contribution < -0.4 is 10.6 Å². The number of carbonyl (C=O) groups is 3. The zero-order valence-corrected chi connectivity index (χ0v) is 18.8. The number of nitrogens with one attached hydrogen (secondary N) is 2.